The highest BCUT2D eigenvalue weighted by molar-refractivity contribution is 5.98. The maximum atomic E-state index is 11.9. The molecule has 0 aromatic heterocycles. The molecule has 1 aromatic rings. The Morgan fingerprint density at radius 2 is 1.96 bits per heavy atom. The van der Waals surface area contributed by atoms with Gasteiger partial charge < -0.3 is 14.2 Å². The Morgan fingerprint density at radius 3 is 2.46 bits per heavy atom. The number of nitriles is 1. The third kappa shape index (κ3) is 4.71. The molecule has 0 heterocycles. The fourth-order valence-electron chi connectivity index (χ4n) is 1.84. The topological polar surface area (TPSA) is 112 Å². The van der Waals surface area contributed by atoms with Crippen molar-refractivity contribution in [2.75, 3.05) is 20.8 Å². The number of carbonyl (C=O) groups excluding carboxylic acids is 1. The van der Waals surface area contributed by atoms with Crippen molar-refractivity contribution >= 4 is 17.7 Å². The van der Waals surface area contributed by atoms with Crippen molar-refractivity contribution in [2.24, 2.45) is 0 Å². The summed E-state index contributed by atoms with van der Waals surface area (Å²) in [5.74, 6) is -0.411. The van der Waals surface area contributed by atoms with E-state index in [1.165, 1.54) is 26.4 Å². The minimum absolute atomic E-state index is 0.0432. The highest BCUT2D eigenvalue weighted by atomic mass is 16.6. The summed E-state index contributed by atoms with van der Waals surface area (Å²) in [5.41, 5.74) is -0.607. The van der Waals surface area contributed by atoms with Crippen molar-refractivity contribution in [1.82, 2.24) is 0 Å². The van der Waals surface area contributed by atoms with E-state index in [2.05, 4.69) is 0 Å². The fourth-order valence-corrected chi connectivity index (χ4v) is 1.84. The monoisotopic (exact) mass is 334 g/mol. The van der Waals surface area contributed by atoms with Gasteiger partial charge in [-0.1, -0.05) is 13.3 Å². The summed E-state index contributed by atoms with van der Waals surface area (Å²) in [5, 5.41) is 20.3. The number of carbonyl (C=O) groups is 1. The predicted molar refractivity (Wildman–Crippen MR) is 85.7 cm³/mol. The van der Waals surface area contributed by atoms with Crippen LogP contribution >= 0.6 is 0 Å². The molecule has 0 amide bonds. The third-order valence-electron chi connectivity index (χ3n) is 3.10. The molecule has 8 heteroatoms. The second kappa shape index (κ2) is 9.15. The first-order valence-electron chi connectivity index (χ1n) is 7.17. The van der Waals surface area contributed by atoms with E-state index >= 15 is 0 Å². The average molecular weight is 334 g/mol. The Kier molecular flexibility index (Phi) is 7.23. The normalized spacial score (nSPS) is 10.7. The van der Waals surface area contributed by atoms with Gasteiger partial charge in [0.25, 0.3) is 5.69 Å². The third-order valence-corrected chi connectivity index (χ3v) is 3.10. The van der Waals surface area contributed by atoms with E-state index in [1.807, 2.05) is 6.92 Å². The second-order valence-corrected chi connectivity index (χ2v) is 4.68. The number of nitro benzene ring substituents is 1. The van der Waals surface area contributed by atoms with Gasteiger partial charge in [-0.15, -0.1) is 0 Å². The lowest BCUT2D eigenvalue weighted by Gasteiger charge is -2.09. The Labute approximate surface area is 139 Å². The summed E-state index contributed by atoms with van der Waals surface area (Å²) >= 11 is 0. The molecule has 0 spiro atoms. The summed E-state index contributed by atoms with van der Waals surface area (Å²) < 4.78 is 15.1. The van der Waals surface area contributed by atoms with Gasteiger partial charge in [-0.3, -0.25) is 10.1 Å². The molecule has 1 rings (SSSR count). The van der Waals surface area contributed by atoms with Crippen LogP contribution in [0.15, 0.2) is 17.7 Å². The summed E-state index contributed by atoms with van der Waals surface area (Å²) in [6, 6.07) is 4.20. The van der Waals surface area contributed by atoms with Gasteiger partial charge in [0.2, 0.25) is 0 Å². The van der Waals surface area contributed by atoms with Crippen LogP contribution in [0.2, 0.25) is 0 Å². The highest BCUT2D eigenvalue weighted by Gasteiger charge is 2.20. The number of ether oxygens (including phenoxy) is 3. The molecular weight excluding hydrogens is 316 g/mol. The first kappa shape index (κ1) is 19.0. The van der Waals surface area contributed by atoms with Crippen LogP contribution in [0.25, 0.3) is 6.08 Å². The van der Waals surface area contributed by atoms with Crippen LogP contribution < -0.4 is 9.47 Å². The van der Waals surface area contributed by atoms with Crippen molar-refractivity contribution in [2.45, 2.75) is 19.8 Å². The molecule has 0 unspecified atom stereocenters. The van der Waals surface area contributed by atoms with Crippen molar-refractivity contribution in [1.29, 1.82) is 5.26 Å². The maximum Gasteiger partial charge on any atom is 0.348 e. The van der Waals surface area contributed by atoms with Gasteiger partial charge in [0.1, 0.15) is 11.6 Å². The number of nitro groups is 1. The molecule has 0 bridgehead atoms. The molecule has 0 aliphatic carbocycles. The number of nitrogens with zero attached hydrogens (tertiary/aromatic N) is 2. The Balaban J connectivity index is 3.29. The minimum Gasteiger partial charge on any atom is -0.493 e. The molecule has 0 aliphatic heterocycles. The molecule has 0 radical (unpaired) electrons. The first-order chi connectivity index (χ1) is 11.5. The highest BCUT2D eigenvalue weighted by Crippen LogP contribution is 2.35. The predicted octanol–water partition coefficient (Wildman–Crippen LogP) is 2.86. The molecule has 0 saturated heterocycles. The molecule has 24 heavy (non-hydrogen) atoms. The lowest BCUT2D eigenvalue weighted by atomic mass is 10.1. The van der Waals surface area contributed by atoms with Crippen molar-refractivity contribution < 1.29 is 23.9 Å². The SMILES string of the molecule is CCCCOC(=O)/C(C#N)=C/c1cc(OC)c(OC)cc1[N+](=O)[O-]. The number of esters is 1. The van der Waals surface area contributed by atoms with Crippen LogP contribution in [0, 0.1) is 21.4 Å². The summed E-state index contributed by atoms with van der Waals surface area (Å²) in [4.78, 5) is 22.5. The van der Waals surface area contributed by atoms with Gasteiger partial charge in [0.05, 0.1) is 37.4 Å². The van der Waals surface area contributed by atoms with Gasteiger partial charge in [-0.05, 0) is 18.6 Å². The van der Waals surface area contributed by atoms with Gasteiger partial charge in [0.15, 0.2) is 11.5 Å². The van der Waals surface area contributed by atoms with Crippen LogP contribution in [0.3, 0.4) is 0 Å². The molecule has 128 valence electrons. The number of unbranched alkanes of at least 4 members (excludes halogenated alkanes) is 1. The zero-order chi connectivity index (χ0) is 18.1. The van der Waals surface area contributed by atoms with E-state index in [-0.39, 0.29) is 34.9 Å². The molecule has 0 saturated carbocycles. The summed E-state index contributed by atoms with van der Waals surface area (Å²) in [6.07, 6.45) is 2.61. The minimum atomic E-state index is -0.824. The summed E-state index contributed by atoms with van der Waals surface area (Å²) in [7, 11) is 2.73. The van der Waals surface area contributed by atoms with E-state index in [1.54, 1.807) is 6.07 Å². The molecular formula is C16H18N2O6. The molecule has 1 aromatic carbocycles. The van der Waals surface area contributed by atoms with E-state index in [9.17, 15) is 14.9 Å². The summed E-state index contributed by atoms with van der Waals surface area (Å²) in [6.45, 7) is 2.12. The van der Waals surface area contributed by atoms with Crippen LogP contribution in [0.4, 0.5) is 5.69 Å². The number of methoxy groups -OCH3 is 2. The van der Waals surface area contributed by atoms with Gasteiger partial charge >= 0.3 is 5.97 Å². The molecule has 0 aliphatic rings. The van der Waals surface area contributed by atoms with Gasteiger partial charge in [0, 0.05) is 0 Å². The largest absolute Gasteiger partial charge is 0.493 e. The van der Waals surface area contributed by atoms with Crippen molar-refractivity contribution in [3.8, 4) is 17.6 Å². The van der Waals surface area contributed by atoms with Gasteiger partial charge in [-0.25, -0.2) is 4.79 Å². The van der Waals surface area contributed by atoms with E-state index in [0.29, 0.717) is 6.42 Å². The molecule has 0 atom stereocenters. The first-order valence-corrected chi connectivity index (χ1v) is 7.17. The lowest BCUT2D eigenvalue weighted by Crippen LogP contribution is -2.08. The average Bonchev–Trinajstić information content (AvgIpc) is 2.58. The van der Waals surface area contributed by atoms with E-state index in [4.69, 9.17) is 19.5 Å². The van der Waals surface area contributed by atoms with Crippen LogP contribution in [-0.2, 0) is 9.53 Å². The van der Waals surface area contributed by atoms with Crippen LogP contribution in [0.1, 0.15) is 25.3 Å². The zero-order valence-electron chi connectivity index (χ0n) is 13.7. The number of hydrogen-bond acceptors (Lipinski definition) is 7. The number of benzene rings is 1. The quantitative estimate of drug-likeness (QED) is 0.179. The smallest absolute Gasteiger partial charge is 0.348 e. The van der Waals surface area contributed by atoms with E-state index < -0.39 is 10.9 Å². The van der Waals surface area contributed by atoms with Crippen LogP contribution in [-0.4, -0.2) is 31.7 Å². The van der Waals surface area contributed by atoms with Crippen molar-refractivity contribution in [3.05, 3.63) is 33.4 Å². The zero-order valence-corrected chi connectivity index (χ0v) is 13.7. The number of rotatable bonds is 8. The van der Waals surface area contributed by atoms with E-state index in [0.717, 1.165) is 12.5 Å². The Morgan fingerprint density at radius 1 is 1.33 bits per heavy atom. The Bertz CT molecular complexity index is 691. The standard InChI is InChI=1S/C16H18N2O6/c1-4-5-6-24-16(19)12(10-17)7-11-8-14(22-2)15(23-3)9-13(11)18(20)21/h7-9H,4-6H2,1-3H3/b12-7+. The fraction of sp³-hybridized carbons (Fsp3) is 0.375. The second-order valence-electron chi connectivity index (χ2n) is 4.68. The molecule has 0 fully saturated rings. The number of hydrogen-bond donors (Lipinski definition) is 0. The molecule has 8 nitrogen and oxygen atoms in total. The van der Waals surface area contributed by atoms with Gasteiger partial charge in [-0.2, -0.15) is 5.26 Å². The molecule has 0 N–H and O–H groups in total. The lowest BCUT2D eigenvalue weighted by molar-refractivity contribution is -0.385. The maximum absolute atomic E-state index is 11.9. The van der Waals surface area contributed by atoms with Crippen molar-refractivity contribution in [3.63, 3.8) is 0 Å². The van der Waals surface area contributed by atoms with Crippen LogP contribution in [0.5, 0.6) is 11.5 Å². The Hall–Kier alpha value is -3.08.